The van der Waals surface area contributed by atoms with E-state index in [1.165, 1.54) is 23.1 Å². The van der Waals surface area contributed by atoms with Crippen molar-refractivity contribution >= 4 is 6.03 Å². The minimum Gasteiger partial charge on any atom is -0.389 e. The zero-order chi connectivity index (χ0) is 17.3. The predicted molar refractivity (Wildman–Crippen MR) is 84.2 cm³/mol. The van der Waals surface area contributed by atoms with Gasteiger partial charge in [0.05, 0.1) is 12.1 Å². The number of nitrogens with one attached hydrogen (secondary N) is 1. The predicted octanol–water partition coefficient (Wildman–Crippen LogP) is 2.80. The maximum Gasteiger partial charge on any atom is 0.317 e. The Bertz CT molecular complexity index is 560. The molecule has 0 unspecified atom stereocenters. The molecule has 1 saturated carbocycles. The lowest BCUT2D eigenvalue weighted by atomic mass is 9.94. The van der Waals surface area contributed by atoms with Crippen molar-refractivity contribution in [1.29, 1.82) is 0 Å². The first-order chi connectivity index (χ1) is 10.7. The first-order valence-corrected chi connectivity index (χ1v) is 7.88. The summed E-state index contributed by atoms with van der Waals surface area (Å²) in [6.45, 7) is 5.88. The molecule has 1 aliphatic rings. The first-order valence-electron chi connectivity index (χ1n) is 7.88. The Morgan fingerprint density at radius 2 is 1.91 bits per heavy atom. The summed E-state index contributed by atoms with van der Waals surface area (Å²) in [4.78, 5) is 13.7. The summed E-state index contributed by atoms with van der Waals surface area (Å²) in [5.74, 6) is -1.14. The molecule has 0 aromatic heterocycles. The summed E-state index contributed by atoms with van der Waals surface area (Å²) in [5, 5.41) is 12.6. The number of carbonyl (C=O) groups excluding carboxylic acids is 1. The molecule has 2 rings (SSSR count). The average Bonchev–Trinajstić information content (AvgIpc) is 3.22. The van der Waals surface area contributed by atoms with Crippen LogP contribution in [0.2, 0.25) is 0 Å². The molecule has 1 aliphatic carbocycles. The van der Waals surface area contributed by atoms with Crippen LogP contribution >= 0.6 is 0 Å². The van der Waals surface area contributed by atoms with Gasteiger partial charge in [0.15, 0.2) is 0 Å². The van der Waals surface area contributed by atoms with Gasteiger partial charge >= 0.3 is 6.03 Å². The highest BCUT2D eigenvalue weighted by Gasteiger charge is 2.48. The Kier molecular flexibility index (Phi) is 4.94. The van der Waals surface area contributed by atoms with Crippen LogP contribution in [-0.2, 0) is 5.41 Å². The van der Waals surface area contributed by atoms with Crippen LogP contribution in [0, 0.1) is 11.6 Å². The van der Waals surface area contributed by atoms with Crippen molar-refractivity contribution < 1.29 is 18.7 Å². The van der Waals surface area contributed by atoms with Crippen LogP contribution in [0.25, 0.3) is 0 Å². The number of amides is 2. The van der Waals surface area contributed by atoms with Gasteiger partial charge in [0, 0.05) is 24.1 Å². The third-order valence-electron chi connectivity index (χ3n) is 4.17. The molecule has 0 heterocycles. The number of rotatable bonds is 6. The first kappa shape index (κ1) is 17.7. The third-order valence-corrected chi connectivity index (χ3v) is 4.17. The summed E-state index contributed by atoms with van der Waals surface area (Å²) in [5.41, 5.74) is -1.59. The summed E-state index contributed by atoms with van der Waals surface area (Å²) in [7, 11) is 0. The number of carbonyl (C=O) groups is 1. The second-order valence-electron chi connectivity index (χ2n) is 6.86. The van der Waals surface area contributed by atoms with Crippen molar-refractivity contribution in [2.24, 2.45) is 0 Å². The van der Waals surface area contributed by atoms with E-state index in [9.17, 15) is 18.7 Å². The van der Waals surface area contributed by atoms with Gasteiger partial charge in [-0.25, -0.2) is 13.6 Å². The molecule has 2 amide bonds. The Balaban J connectivity index is 2.04. The van der Waals surface area contributed by atoms with E-state index >= 15 is 0 Å². The van der Waals surface area contributed by atoms with Crippen LogP contribution in [0.15, 0.2) is 18.2 Å². The van der Waals surface area contributed by atoms with Crippen molar-refractivity contribution in [1.82, 2.24) is 10.2 Å². The van der Waals surface area contributed by atoms with Crippen LogP contribution in [0.3, 0.4) is 0 Å². The van der Waals surface area contributed by atoms with E-state index in [4.69, 9.17) is 0 Å². The van der Waals surface area contributed by atoms with Crippen LogP contribution in [0.4, 0.5) is 13.6 Å². The molecule has 1 fully saturated rings. The van der Waals surface area contributed by atoms with Gasteiger partial charge in [-0.15, -0.1) is 0 Å². The van der Waals surface area contributed by atoms with Gasteiger partial charge in [0.1, 0.15) is 11.6 Å². The molecule has 6 heteroatoms. The van der Waals surface area contributed by atoms with E-state index in [1.54, 1.807) is 13.8 Å². The van der Waals surface area contributed by atoms with E-state index in [0.717, 1.165) is 0 Å². The second kappa shape index (κ2) is 6.43. The lowest BCUT2D eigenvalue weighted by Gasteiger charge is -2.29. The molecule has 2 N–H and O–H groups in total. The van der Waals surface area contributed by atoms with Crippen molar-refractivity contribution in [3.05, 3.63) is 35.4 Å². The van der Waals surface area contributed by atoms with Gasteiger partial charge in [0.2, 0.25) is 0 Å². The molecule has 0 atom stereocenters. The number of halogens is 2. The number of aliphatic hydroxyl groups is 1. The van der Waals surface area contributed by atoms with Crippen molar-refractivity contribution in [2.75, 3.05) is 19.6 Å². The Morgan fingerprint density at radius 1 is 1.35 bits per heavy atom. The van der Waals surface area contributed by atoms with Gasteiger partial charge in [0.25, 0.3) is 0 Å². The summed E-state index contributed by atoms with van der Waals surface area (Å²) < 4.78 is 27.9. The smallest absolute Gasteiger partial charge is 0.317 e. The zero-order valence-corrected chi connectivity index (χ0v) is 13.8. The van der Waals surface area contributed by atoms with E-state index in [-0.39, 0.29) is 24.7 Å². The summed E-state index contributed by atoms with van der Waals surface area (Å²) >= 11 is 0. The molecule has 128 valence electrons. The molecular formula is C17H24F2N2O2. The number of benzene rings is 1. The van der Waals surface area contributed by atoms with Crippen LogP contribution in [0.5, 0.6) is 0 Å². The molecule has 4 nitrogen and oxygen atoms in total. The SMILES string of the molecule is CCN(CC(C)(C)O)C(=O)NCC1(c2c(F)cccc2F)CC1. The highest BCUT2D eigenvalue weighted by Crippen LogP contribution is 2.49. The van der Waals surface area contributed by atoms with E-state index < -0.39 is 22.7 Å². The fourth-order valence-corrected chi connectivity index (χ4v) is 2.82. The van der Waals surface area contributed by atoms with Crippen molar-refractivity contribution in [3.8, 4) is 0 Å². The molecule has 0 aliphatic heterocycles. The Hall–Kier alpha value is -1.69. The van der Waals surface area contributed by atoms with Crippen molar-refractivity contribution in [2.45, 2.75) is 44.6 Å². The Labute approximate surface area is 135 Å². The molecule has 23 heavy (non-hydrogen) atoms. The van der Waals surface area contributed by atoms with E-state index in [0.29, 0.717) is 19.4 Å². The van der Waals surface area contributed by atoms with Gasteiger partial charge < -0.3 is 15.3 Å². The molecule has 0 spiro atoms. The number of urea groups is 1. The van der Waals surface area contributed by atoms with Gasteiger partial charge in [-0.1, -0.05) is 6.07 Å². The van der Waals surface area contributed by atoms with Gasteiger partial charge in [-0.2, -0.15) is 0 Å². The van der Waals surface area contributed by atoms with Crippen LogP contribution < -0.4 is 5.32 Å². The molecule has 0 bridgehead atoms. The number of hydrogen-bond donors (Lipinski definition) is 2. The monoisotopic (exact) mass is 326 g/mol. The van der Waals surface area contributed by atoms with Crippen LogP contribution in [-0.4, -0.2) is 41.3 Å². The topological polar surface area (TPSA) is 52.6 Å². The molecule has 0 saturated heterocycles. The fraction of sp³-hybridized carbons (Fsp3) is 0.588. The number of hydrogen-bond acceptors (Lipinski definition) is 2. The normalized spacial score (nSPS) is 16.1. The average molecular weight is 326 g/mol. The number of nitrogens with zero attached hydrogens (tertiary/aromatic N) is 1. The molecule has 1 aromatic carbocycles. The lowest BCUT2D eigenvalue weighted by Crippen LogP contribution is -2.48. The van der Waals surface area contributed by atoms with E-state index in [1.807, 2.05) is 6.92 Å². The highest BCUT2D eigenvalue weighted by molar-refractivity contribution is 5.74. The molecular weight excluding hydrogens is 302 g/mol. The van der Waals surface area contributed by atoms with Crippen molar-refractivity contribution in [3.63, 3.8) is 0 Å². The zero-order valence-electron chi connectivity index (χ0n) is 13.8. The second-order valence-corrected chi connectivity index (χ2v) is 6.86. The minimum atomic E-state index is -0.998. The van der Waals surface area contributed by atoms with E-state index in [2.05, 4.69) is 5.32 Å². The van der Waals surface area contributed by atoms with Gasteiger partial charge in [-0.3, -0.25) is 0 Å². The maximum absolute atomic E-state index is 14.0. The summed E-state index contributed by atoms with van der Waals surface area (Å²) in [6, 6.07) is 3.49. The minimum absolute atomic E-state index is 0.0610. The lowest BCUT2D eigenvalue weighted by molar-refractivity contribution is 0.0479. The quantitative estimate of drug-likeness (QED) is 0.844. The third kappa shape index (κ3) is 4.19. The maximum atomic E-state index is 14.0. The van der Waals surface area contributed by atoms with Crippen LogP contribution in [0.1, 0.15) is 39.2 Å². The fourth-order valence-electron chi connectivity index (χ4n) is 2.82. The summed E-state index contributed by atoms with van der Waals surface area (Å²) in [6.07, 6.45) is 1.28. The molecule has 0 radical (unpaired) electrons. The Morgan fingerprint density at radius 3 is 2.35 bits per heavy atom. The highest BCUT2D eigenvalue weighted by atomic mass is 19.1. The molecule has 1 aromatic rings. The van der Waals surface area contributed by atoms with Gasteiger partial charge in [-0.05, 0) is 45.7 Å². The largest absolute Gasteiger partial charge is 0.389 e. The standard InChI is InChI=1S/C17H24F2N2O2/c1-4-21(11-16(2,3)23)15(22)20-10-17(8-9-17)14-12(18)6-5-7-13(14)19/h5-7,23H,4,8-11H2,1-3H3,(H,20,22). The number of likely N-dealkylation sites (N-methyl/N-ethyl adjacent to an activating group) is 1.